The minimum atomic E-state index is -1.82. The summed E-state index contributed by atoms with van der Waals surface area (Å²) in [6, 6.07) is -3.64. The number of hydrogen-bond donors (Lipinski definition) is 13. The van der Waals surface area contributed by atoms with Crippen LogP contribution in [0.3, 0.4) is 0 Å². The van der Waals surface area contributed by atoms with Crippen LogP contribution in [0.1, 0.15) is 19.8 Å². The molecule has 0 aromatic heterocycles. The van der Waals surface area contributed by atoms with Gasteiger partial charge in [0.25, 0.3) is 0 Å². The van der Waals surface area contributed by atoms with Crippen molar-refractivity contribution in [2.24, 2.45) is 17.2 Å². The number of ether oxygens (including phenoxy) is 4. The van der Waals surface area contributed by atoms with E-state index in [-0.39, 0.29) is 25.9 Å². The highest BCUT2D eigenvalue weighted by Crippen LogP contribution is 2.32. The summed E-state index contributed by atoms with van der Waals surface area (Å²) in [4.78, 5) is 24.9. The number of amides is 2. The van der Waals surface area contributed by atoms with E-state index < -0.39 is 116 Å². The molecule has 2 aliphatic heterocycles. The predicted octanol–water partition coefficient (Wildman–Crippen LogP) is -8.25. The molecule has 2 heterocycles. The van der Waals surface area contributed by atoms with Crippen molar-refractivity contribution in [3.05, 3.63) is 0 Å². The molecule has 3 rings (SSSR count). The van der Waals surface area contributed by atoms with E-state index in [0.29, 0.717) is 0 Å². The van der Waals surface area contributed by atoms with Crippen LogP contribution < -0.4 is 27.8 Å². The highest BCUT2D eigenvalue weighted by molar-refractivity contribution is 5.81. The maximum atomic E-state index is 12.8. The number of nitrogens with one attached hydrogen (secondary N) is 2. The minimum Gasteiger partial charge on any atom is -0.394 e. The van der Waals surface area contributed by atoms with Crippen molar-refractivity contribution in [3.63, 3.8) is 0 Å². The Bertz CT molecular complexity index is 920. The molecule has 19 heteroatoms. The first-order chi connectivity index (χ1) is 20.2. The van der Waals surface area contributed by atoms with Gasteiger partial charge < -0.3 is 87.6 Å². The summed E-state index contributed by atoms with van der Waals surface area (Å²) >= 11 is 0. The lowest BCUT2D eigenvalue weighted by Crippen LogP contribution is -2.70. The average Bonchev–Trinajstić information content (AvgIpc) is 2.96. The fraction of sp³-hybridized carbons (Fsp3) is 0.917. The molecule has 16 atom stereocenters. The van der Waals surface area contributed by atoms with Crippen LogP contribution in [0, 0.1) is 0 Å². The van der Waals surface area contributed by atoms with Gasteiger partial charge in [-0.2, -0.15) is 0 Å². The van der Waals surface area contributed by atoms with Crippen LogP contribution in [-0.4, -0.2) is 170 Å². The molecule has 16 N–H and O–H groups in total. The SMILES string of the molecule is CC(=O)N[C@H]1C[C@@H](NC(=O)[C@@H](O)CCN)[C@H](O[C@H]2O[C@H](CO)[C@@H](O)[C@H](N)[C@H]2O)[C@@H](O)[C@@H]1O[C@H]1O[C@H](CN)[C@@H](O)[C@H](O)[C@H]1O. The first-order valence-electron chi connectivity index (χ1n) is 14.0. The van der Waals surface area contributed by atoms with Crippen LogP contribution >= 0.6 is 0 Å². The van der Waals surface area contributed by atoms with E-state index in [1.807, 2.05) is 0 Å². The van der Waals surface area contributed by atoms with E-state index in [0.717, 1.165) is 0 Å². The Labute approximate surface area is 246 Å². The summed E-state index contributed by atoms with van der Waals surface area (Å²) in [6.07, 6.45) is -20.7. The summed E-state index contributed by atoms with van der Waals surface area (Å²) in [6.45, 7) is 0.178. The van der Waals surface area contributed by atoms with Gasteiger partial charge in [-0.25, -0.2) is 0 Å². The molecule has 1 aliphatic carbocycles. The van der Waals surface area contributed by atoms with Gasteiger partial charge >= 0.3 is 0 Å². The maximum Gasteiger partial charge on any atom is 0.249 e. The smallest absolute Gasteiger partial charge is 0.249 e. The third-order valence-electron chi connectivity index (χ3n) is 7.85. The molecular formula is C24H45N5O14. The van der Waals surface area contributed by atoms with Crippen LogP contribution in [0.15, 0.2) is 0 Å². The van der Waals surface area contributed by atoms with Crippen LogP contribution in [0.25, 0.3) is 0 Å². The lowest BCUT2D eigenvalue weighted by molar-refractivity contribution is -0.333. The quantitative estimate of drug-likeness (QED) is 0.101. The van der Waals surface area contributed by atoms with E-state index in [4.69, 9.17) is 36.1 Å². The van der Waals surface area contributed by atoms with Crippen LogP contribution in [0.4, 0.5) is 0 Å². The fourth-order valence-corrected chi connectivity index (χ4v) is 5.43. The lowest BCUT2D eigenvalue weighted by Gasteiger charge is -2.49. The molecule has 43 heavy (non-hydrogen) atoms. The van der Waals surface area contributed by atoms with Gasteiger partial charge in [0.05, 0.1) is 24.7 Å². The molecular weight excluding hydrogens is 582 g/mol. The van der Waals surface area contributed by atoms with Crippen LogP contribution in [0.5, 0.6) is 0 Å². The maximum absolute atomic E-state index is 12.8. The Hall–Kier alpha value is -1.66. The molecule has 2 amide bonds. The third kappa shape index (κ3) is 8.14. The van der Waals surface area contributed by atoms with Gasteiger partial charge in [-0.05, 0) is 19.4 Å². The van der Waals surface area contributed by atoms with E-state index in [1.54, 1.807) is 0 Å². The average molecular weight is 628 g/mol. The van der Waals surface area contributed by atoms with Crippen molar-refractivity contribution in [1.29, 1.82) is 0 Å². The van der Waals surface area contributed by atoms with E-state index in [2.05, 4.69) is 10.6 Å². The number of hydrogen-bond acceptors (Lipinski definition) is 17. The topological polar surface area (TPSA) is 335 Å². The van der Waals surface area contributed by atoms with Gasteiger partial charge in [0.2, 0.25) is 11.8 Å². The fourth-order valence-electron chi connectivity index (χ4n) is 5.43. The Morgan fingerprint density at radius 1 is 0.837 bits per heavy atom. The Balaban J connectivity index is 1.95. The number of carbonyl (C=O) groups excluding carboxylic acids is 2. The second-order valence-corrected chi connectivity index (χ2v) is 11.0. The third-order valence-corrected chi connectivity index (χ3v) is 7.85. The van der Waals surface area contributed by atoms with Gasteiger partial charge in [0, 0.05) is 13.5 Å². The van der Waals surface area contributed by atoms with Crippen LogP contribution in [0.2, 0.25) is 0 Å². The molecule has 0 aromatic carbocycles. The van der Waals surface area contributed by atoms with Gasteiger partial charge in [0.1, 0.15) is 67.1 Å². The number of carbonyl (C=O) groups is 2. The molecule has 0 spiro atoms. The molecule has 0 aromatic rings. The van der Waals surface area contributed by atoms with Crippen molar-refractivity contribution < 1.29 is 69.4 Å². The molecule has 0 bridgehead atoms. The molecule has 3 aliphatic rings. The zero-order valence-electron chi connectivity index (χ0n) is 23.5. The van der Waals surface area contributed by atoms with Crippen molar-refractivity contribution in [2.45, 2.75) is 118 Å². The van der Waals surface area contributed by atoms with E-state index in [1.165, 1.54) is 6.92 Å². The molecule has 0 radical (unpaired) electrons. The summed E-state index contributed by atoms with van der Waals surface area (Å²) in [7, 11) is 0. The second-order valence-electron chi connectivity index (χ2n) is 11.0. The first-order valence-corrected chi connectivity index (χ1v) is 14.0. The Morgan fingerprint density at radius 2 is 1.40 bits per heavy atom. The van der Waals surface area contributed by atoms with Gasteiger partial charge in [-0.3, -0.25) is 9.59 Å². The van der Waals surface area contributed by atoms with Crippen molar-refractivity contribution >= 4 is 11.8 Å². The van der Waals surface area contributed by atoms with Crippen molar-refractivity contribution in [3.8, 4) is 0 Å². The van der Waals surface area contributed by atoms with E-state index >= 15 is 0 Å². The van der Waals surface area contributed by atoms with Gasteiger partial charge in [-0.15, -0.1) is 0 Å². The highest BCUT2D eigenvalue weighted by Gasteiger charge is 2.53. The second kappa shape index (κ2) is 15.6. The summed E-state index contributed by atoms with van der Waals surface area (Å²) in [5.41, 5.74) is 16.9. The molecule has 250 valence electrons. The lowest BCUT2D eigenvalue weighted by atomic mass is 9.82. The van der Waals surface area contributed by atoms with Crippen molar-refractivity contribution in [2.75, 3.05) is 19.7 Å². The number of aliphatic hydroxyl groups is 8. The van der Waals surface area contributed by atoms with E-state index in [9.17, 15) is 50.4 Å². The normalized spacial score (nSPS) is 44.4. The summed E-state index contributed by atoms with van der Waals surface area (Å²) in [5, 5.41) is 88.3. The van der Waals surface area contributed by atoms with Gasteiger partial charge in [0.15, 0.2) is 12.6 Å². The molecule has 2 saturated heterocycles. The predicted molar refractivity (Wildman–Crippen MR) is 141 cm³/mol. The zero-order chi connectivity index (χ0) is 32.2. The monoisotopic (exact) mass is 627 g/mol. The molecule has 3 fully saturated rings. The summed E-state index contributed by atoms with van der Waals surface area (Å²) < 4.78 is 22.7. The standard InChI is InChI=1S/C24H45N5O14/c1-7(31)28-8-4-9(29-22(39)10(32)2-3-25)21(42-23-16(35)13(27)14(33)12(6-30)41-23)19(38)20(8)43-24-18(37)17(36)15(34)11(5-26)40-24/h8-21,23-24,30,32-38H,2-6,25-27H2,1H3,(H,28,31)(H,29,39)/t8-,9+,10-,11+,12+,13-,14+,15+,16+,17-,18+,19-,20+,21-,23+,24+/m0/s1. The zero-order valence-corrected chi connectivity index (χ0v) is 23.5. The largest absolute Gasteiger partial charge is 0.394 e. The summed E-state index contributed by atoms with van der Waals surface area (Å²) in [5.74, 6) is -1.47. The number of nitrogens with two attached hydrogens (primary N) is 3. The van der Waals surface area contributed by atoms with Gasteiger partial charge in [-0.1, -0.05) is 0 Å². The number of rotatable bonds is 11. The minimum absolute atomic E-state index is 0.0227. The van der Waals surface area contributed by atoms with Crippen molar-refractivity contribution in [1.82, 2.24) is 10.6 Å². The Kier molecular flexibility index (Phi) is 13.0. The highest BCUT2D eigenvalue weighted by atomic mass is 16.7. The molecule has 0 unspecified atom stereocenters. The molecule has 1 saturated carbocycles. The number of aliphatic hydroxyl groups excluding tert-OH is 8. The first kappa shape index (κ1) is 35.8. The Morgan fingerprint density at radius 3 is 1.93 bits per heavy atom. The molecule has 19 nitrogen and oxygen atoms in total. The van der Waals surface area contributed by atoms with Crippen LogP contribution in [-0.2, 0) is 28.5 Å².